The lowest BCUT2D eigenvalue weighted by Gasteiger charge is -2.25. The van der Waals surface area contributed by atoms with Gasteiger partial charge in [-0.25, -0.2) is 4.52 Å². The summed E-state index contributed by atoms with van der Waals surface area (Å²) in [5.41, 5.74) is 3.07. The predicted octanol–water partition coefficient (Wildman–Crippen LogP) is 1.87. The number of anilines is 1. The molecule has 2 atom stereocenters. The largest absolute Gasteiger partial charge is 0.339 e. The topological polar surface area (TPSA) is 56.6 Å². The van der Waals surface area contributed by atoms with Crippen molar-refractivity contribution in [1.29, 1.82) is 0 Å². The molecule has 0 bridgehead atoms. The second-order valence-electron chi connectivity index (χ2n) is 7.07. The molecule has 0 radical (unpaired) electrons. The molecule has 6 heteroatoms. The van der Waals surface area contributed by atoms with Crippen LogP contribution in [-0.2, 0) is 0 Å². The first-order valence-electron chi connectivity index (χ1n) is 8.58. The Bertz CT molecular complexity index is 940. The summed E-state index contributed by atoms with van der Waals surface area (Å²) >= 11 is 0. The minimum absolute atomic E-state index is 0.102. The molecule has 1 aliphatic rings. The maximum Gasteiger partial charge on any atom is 0.276 e. The third-order valence-electron chi connectivity index (χ3n) is 5.15. The number of nitrogens with zero attached hydrogens (tertiary/aromatic N) is 4. The number of hydrogen-bond donors (Lipinski definition) is 1. The molecule has 0 saturated carbocycles. The van der Waals surface area contributed by atoms with Crippen LogP contribution in [0, 0.1) is 6.92 Å². The Hall–Kier alpha value is -2.60. The number of rotatable bonds is 3. The fourth-order valence-corrected chi connectivity index (χ4v) is 3.70. The fourth-order valence-electron chi connectivity index (χ4n) is 3.70. The van der Waals surface area contributed by atoms with Crippen LogP contribution in [0.15, 0.2) is 47.4 Å². The Kier molecular flexibility index (Phi) is 3.84. The summed E-state index contributed by atoms with van der Waals surface area (Å²) in [7, 11) is 4.22. The highest BCUT2D eigenvalue weighted by Crippen LogP contribution is 2.31. The van der Waals surface area contributed by atoms with Crippen molar-refractivity contribution in [1.82, 2.24) is 19.5 Å². The molecular weight excluding hydrogens is 314 g/mol. The zero-order valence-electron chi connectivity index (χ0n) is 14.8. The molecule has 0 amide bonds. The van der Waals surface area contributed by atoms with Gasteiger partial charge in [-0.3, -0.25) is 9.78 Å². The first-order valence-corrected chi connectivity index (χ1v) is 8.58. The van der Waals surface area contributed by atoms with Gasteiger partial charge in [0.1, 0.15) is 5.52 Å². The number of fused-ring (bicyclic) bond motifs is 1. The van der Waals surface area contributed by atoms with Gasteiger partial charge >= 0.3 is 0 Å². The van der Waals surface area contributed by atoms with Crippen molar-refractivity contribution in [3.8, 4) is 0 Å². The number of hydrogen-bond acceptors (Lipinski definition) is 4. The van der Waals surface area contributed by atoms with Crippen molar-refractivity contribution in [3.63, 3.8) is 0 Å². The summed E-state index contributed by atoms with van der Waals surface area (Å²) in [5, 5.41) is 4.58. The number of aryl methyl sites for hydroxylation is 1. The third kappa shape index (κ3) is 2.82. The molecule has 1 aliphatic heterocycles. The molecule has 1 saturated heterocycles. The minimum Gasteiger partial charge on any atom is -0.339 e. The van der Waals surface area contributed by atoms with E-state index in [9.17, 15) is 4.79 Å². The lowest BCUT2D eigenvalue weighted by Crippen LogP contribution is -2.35. The highest BCUT2D eigenvalue weighted by atomic mass is 16.1. The lowest BCUT2D eigenvalue weighted by atomic mass is 9.93. The van der Waals surface area contributed by atoms with Crippen molar-refractivity contribution in [3.05, 3.63) is 64.1 Å². The molecule has 1 aromatic carbocycles. The van der Waals surface area contributed by atoms with E-state index < -0.39 is 0 Å². The van der Waals surface area contributed by atoms with Gasteiger partial charge in [0, 0.05) is 31.2 Å². The van der Waals surface area contributed by atoms with E-state index in [0.717, 1.165) is 13.1 Å². The summed E-state index contributed by atoms with van der Waals surface area (Å²) in [5.74, 6) is 1.01. The quantitative estimate of drug-likeness (QED) is 0.793. The van der Waals surface area contributed by atoms with Crippen LogP contribution in [0.4, 0.5) is 5.95 Å². The standard InChI is InChI=1S/C19H23N5O/c1-13-6-8-14(9-7-13)15-11-23(12-17(15)22(2)3)19-20-18(25)16-5-4-10-24(16)21-19/h4-10,15,17H,11-12H2,1-3H3,(H,20,21,25). The molecule has 0 spiro atoms. The first-order chi connectivity index (χ1) is 12.0. The minimum atomic E-state index is -0.102. The predicted molar refractivity (Wildman–Crippen MR) is 99.4 cm³/mol. The molecule has 6 nitrogen and oxygen atoms in total. The van der Waals surface area contributed by atoms with Crippen LogP contribution in [0.1, 0.15) is 17.0 Å². The van der Waals surface area contributed by atoms with E-state index in [0.29, 0.717) is 23.4 Å². The van der Waals surface area contributed by atoms with E-state index in [1.807, 2.05) is 12.3 Å². The van der Waals surface area contributed by atoms with E-state index in [4.69, 9.17) is 0 Å². The maximum atomic E-state index is 12.3. The second kappa shape index (κ2) is 6.04. The fraction of sp³-hybridized carbons (Fsp3) is 0.368. The van der Waals surface area contributed by atoms with Crippen LogP contribution in [0.3, 0.4) is 0 Å². The molecule has 3 aromatic rings. The summed E-state index contributed by atoms with van der Waals surface area (Å²) in [6.45, 7) is 3.78. The maximum absolute atomic E-state index is 12.3. The van der Waals surface area contributed by atoms with E-state index in [1.165, 1.54) is 11.1 Å². The molecular formula is C19H23N5O. The van der Waals surface area contributed by atoms with Crippen molar-refractivity contribution in [2.75, 3.05) is 32.1 Å². The Morgan fingerprint density at radius 3 is 2.64 bits per heavy atom. The van der Waals surface area contributed by atoms with Gasteiger partial charge in [-0.1, -0.05) is 29.8 Å². The van der Waals surface area contributed by atoms with Crippen molar-refractivity contribution in [2.45, 2.75) is 18.9 Å². The normalized spacial score (nSPS) is 20.7. The lowest BCUT2D eigenvalue weighted by molar-refractivity contribution is 0.292. The zero-order chi connectivity index (χ0) is 17.6. The Labute approximate surface area is 146 Å². The third-order valence-corrected chi connectivity index (χ3v) is 5.15. The SMILES string of the molecule is Cc1ccc(C2CN(c3nn4cccc4c(=O)[nH]3)CC2N(C)C)cc1. The summed E-state index contributed by atoms with van der Waals surface area (Å²) < 4.78 is 1.65. The number of aromatic amines is 1. The van der Waals surface area contributed by atoms with Crippen LogP contribution < -0.4 is 10.5 Å². The second-order valence-corrected chi connectivity index (χ2v) is 7.07. The monoisotopic (exact) mass is 337 g/mol. The molecule has 1 N–H and O–H groups in total. The van der Waals surface area contributed by atoms with E-state index >= 15 is 0 Å². The molecule has 25 heavy (non-hydrogen) atoms. The average Bonchev–Trinajstić information content (AvgIpc) is 3.22. The summed E-state index contributed by atoms with van der Waals surface area (Å²) in [6, 6.07) is 12.7. The Morgan fingerprint density at radius 1 is 1.16 bits per heavy atom. The average molecular weight is 337 g/mol. The van der Waals surface area contributed by atoms with Gasteiger partial charge in [-0.2, -0.15) is 0 Å². The van der Waals surface area contributed by atoms with Crippen LogP contribution in [0.25, 0.3) is 5.52 Å². The zero-order valence-corrected chi connectivity index (χ0v) is 14.8. The van der Waals surface area contributed by atoms with Gasteiger partial charge in [0.25, 0.3) is 5.56 Å². The first kappa shape index (κ1) is 15.9. The summed E-state index contributed by atoms with van der Waals surface area (Å²) in [6.07, 6.45) is 1.81. The molecule has 1 fully saturated rings. The molecule has 4 rings (SSSR count). The Morgan fingerprint density at radius 2 is 1.92 bits per heavy atom. The van der Waals surface area contributed by atoms with Crippen LogP contribution in [0.5, 0.6) is 0 Å². The smallest absolute Gasteiger partial charge is 0.276 e. The Balaban J connectivity index is 1.69. The van der Waals surface area contributed by atoms with Gasteiger partial charge in [-0.15, -0.1) is 5.10 Å². The molecule has 3 heterocycles. The van der Waals surface area contributed by atoms with E-state index in [2.05, 4.69) is 65.2 Å². The molecule has 2 aromatic heterocycles. The van der Waals surface area contributed by atoms with Gasteiger partial charge in [0.05, 0.1) is 0 Å². The number of aromatic nitrogens is 3. The molecule has 130 valence electrons. The van der Waals surface area contributed by atoms with Crippen LogP contribution in [0.2, 0.25) is 0 Å². The van der Waals surface area contributed by atoms with Gasteiger partial charge in [0.2, 0.25) is 5.95 Å². The highest BCUT2D eigenvalue weighted by Gasteiger charge is 2.36. The van der Waals surface area contributed by atoms with Gasteiger partial charge < -0.3 is 9.80 Å². The number of likely N-dealkylation sites (N-methyl/N-ethyl adjacent to an activating group) is 1. The summed E-state index contributed by atoms with van der Waals surface area (Å²) in [4.78, 5) is 19.6. The van der Waals surface area contributed by atoms with E-state index in [-0.39, 0.29) is 5.56 Å². The van der Waals surface area contributed by atoms with Crippen LogP contribution in [-0.4, -0.2) is 52.7 Å². The number of nitrogens with one attached hydrogen (secondary N) is 1. The molecule has 2 unspecified atom stereocenters. The van der Waals surface area contributed by atoms with Crippen molar-refractivity contribution in [2.24, 2.45) is 0 Å². The molecule has 0 aliphatic carbocycles. The van der Waals surface area contributed by atoms with Crippen molar-refractivity contribution >= 4 is 11.5 Å². The van der Waals surface area contributed by atoms with Gasteiger partial charge in [-0.05, 0) is 38.7 Å². The highest BCUT2D eigenvalue weighted by molar-refractivity contribution is 5.47. The number of H-pyrrole nitrogens is 1. The van der Waals surface area contributed by atoms with Gasteiger partial charge in [0.15, 0.2) is 0 Å². The van der Waals surface area contributed by atoms with E-state index in [1.54, 1.807) is 10.6 Å². The van der Waals surface area contributed by atoms with Crippen molar-refractivity contribution < 1.29 is 0 Å². The number of benzene rings is 1. The van der Waals surface area contributed by atoms with Crippen LogP contribution >= 0.6 is 0 Å².